The molecule has 0 aromatic rings. The van der Waals surface area contributed by atoms with Gasteiger partial charge in [0.05, 0.1) is 13.2 Å². The molecular weight excluding hydrogens is 798 g/mol. The molecule has 0 heterocycles. The maximum atomic E-state index is 12.6. The largest absolute Gasteiger partial charge is 0.472 e. The lowest BCUT2D eigenvalue weighted by Crippen LogP contribution is -2.29. The molecule has 0 aromatic heterocycles. The lowest BCUT2D eigenvalue weighted by Gasteiger charge is -2.19. The fourth-order valence-corrected chi connectivity index (χ4v) is 6.69. The fraction of sp³-hybridized carbons (Fsp3) is 0.615. The van der Waals surface area contributed by atoms with E-state index in [9.17, 15) is 19.0 Å². The van der Waals surface area contributed by atoms with Crippen LogP contribution < -0.4 is 5.73 Å². The molecule has 0 aliphatic carbocycles. The lowest BCUT2D eigenvalue weighted by atomic mass is 10.0. The quantitative estimate of drug-likeness (QED) is 0.0266. The standard InChI is InChI=1S/C52H86NO8P/c1-3-5-7-9-11-13-15-17-18-19-20-21-22-23-24-25-26-27-28-29-30-31-32-33-35-37-39-41-43-45-52(55)61-50(49-60-62(56,57)59-47-46-53)48-58-51(54)44-42-40-38-36-34-16-14-12-10-8-6-4-2/h5,7,11,13,17-18,20-21,23-24,26-27,29-30,32-33,37,39,50H,3-4,6,8-10,12,14-16,19,22,25,28,31,34-36,38,40-49,53H2,1-2H3,(H,56,57)/b7-5-,13-11-,18-17-,21-20-,24-23-,27-26-,30-29-,33-32-,39-37-. The average molecular weight is 884 g/mol. The maximum absolute atomic E-state index is 12.6. The lowest BCUT2D eigenvalue weighted by molar-refractivity contribution is -0.161. The third kappa shape index (κ3) is 46.2. The van der Waals surface area contributed by atoms with Crippen molar-refractivity contribution in [2.24, 2.45) is 5.73 Å². The molecule has 0 bridgehead atoms. The molecule has 0 aliphatic rings. The normalized spacial score (nSPS) is 14.2. The van der Waals surface area contributed by atoms with Crippen LogP contribution >= 0.6 is 7.82 Å². The molecule has 0 amide bonds. The topological polar surface area (TPSA) is 134 Å². The van der Waals surface area contributed by atoms with Crippen molar-refractivity contribution in [3.63, 3.8) is 0 Å². The number of nitrogens with two attached hydrogens (primary N) is 1. The van der Waals surface area contributed by atoms with E-state index in [1.807, 2.05) is 6.08 Å². The summed E-state index contributed by atoms with van der Waals surface area (Å²) < 4.78 is 32.7. The number of carbonyl (C=O) groups excluding carboxylic acids is 2. The highest BCUT2D eigenvalue weighted by Crippen LogP contribution is 2.43. The number of phosphoric ester groups is 1. The van der Waals surface area contributed by atoms with Crippen molar-refractivity contribution in [3.8, 4) is 0 Å². The van der Waals surface area contributed by atoms with Crippen molar-refractivity contribution in [2.45, 2.75) is 180 Å². The highest BCUT2D eigenvalue weighted by atomic mass is 31.2. The zero-order valence-electron chi connectivity index (χ0n) is 38.8. The molecule has 2 atom stereocenters. The fourth-order valence-electron chi connectivity index (χ4n) is 5.93. The zero-order chi connectivity index (χ0) is 45.3. The number of carbonyl (C=O) groups is 2. The van der Waals surface area contributed by atoms with Gasteiger partial charge in [-0.15, -0.1) is 0 Å². The van der Waals surface area contributed by atoms with Crippen LogP contribution in [0.4, 0.5) is 0 Å². The van der Waals surface area contributed by atoms with Crippen LogP contribution in [-0.4, -0.2) is 49.3 Å². The van der Waals surface area contributed by atoms with Crippen LogP contribution in [0.3, 0.4) is 0 Å². The molecule has 10 heteroatoms. The Hall–Kier alpha value is -3.33. The summed E-state index contributed by atoms with van der Waals surface area (Å²) in [6.07, 6.45) is 62.8. The van der Waals surface area contributed by atoms with Gasteiger partial charge in [-0.05, 0) is 77.0 Å². The van der Waals surface area contributed by atoms with Gasteiger partial charge < -0.3 is 20.1 Å². The van der Waals surface area contributed by atoms with E-state index >= 15 is 0 Å². The average Bonchev–Trinajstić information content (AvgIpc) is 3.26. The Bertz CT molecular complexity index is 1380. The van der Waals surface area contributed by atoms with Crippen molar-refractivity contribution in [2.75, 3.05) is 26.4 Å². The Morgan fingerprint density at radius 2 is 0.887 bits per heavy atom. The van der Waals surface area contributed by atoms with Gasteiger partial charge in [-0.2, -0.15) is 0 Å². The van der Waals surface area contributed by atoms with Gasteiger partial charge in [0, 0.05) is 19.4 Å². The first kappa shape index (κ1) is 58.7. The molecule has 2 unspecified atom stereocenters. The summed E-state index contributed by atoms with van der Waals surface area (Å²) in [5.41, 5.74) is 5.35. The predicted octanol–water partition coefficient (Wildman–Crippen LogP) is 14.3. The van der Waals surface area contributed by atoms with E-state index in [2.05, 4.69) is 117 Å². The van der Waals surface area contributed by atoms with Gasteiger partial charge in [0.25, 0.3) is 0 Å². The minimum Gasteiger partial charge on any atom is -0.462 e. The van der Waals surface area contributed by atoms with Crippen LogP contribution in [0, 0.1) is 0 Å². The van der Waals surface area contributed by atoms with Crippen LogP contribution in [0.5, 0.6) is 0 Å². The van der Waals surface area contributed by atoms with Gasteiger partial charge >= 0.3 is 19.8 Å². The first-order valence-corrected chi connectivity index (χ1v) is 25.4. The number of ether oxygens (including phenoxy) is 2. The van der Waals surface area contributed by atoms with Crippen LogP contribution in [0.25, 0.3) is 0 Å². The maximum Gasteiger partial charge on any atom is 0.472 e. The van der Waals surface area contributed by atoms with E-state index in [1.165, 1.54) is 57.8 Å². The summed E-state index contributed by atoms with van der Waals surface area (Å²) in [6, 6.07) is 0. The van der Waals surface area contributed by atoms with E-state index in [-0.39, 0.29) is 32.6 Å². The van der Waals surface area contributed by atoms with Crippen LogP contribution in [-0.2, 0) is 32.7 Å². The highest BCUT2D eigenvalue weighted by molar-refractivity contribution is 7.47. The number of hydrogen-bond donors (Lipinski definition) is 2. The zero-order valence-corrected chi connectivity index (χ0v) is 39.7. The SMILES string of the molecule is CC/C=C\C/C=C\C/C=C\C/C=C\C/C=C\C/C=C\C/C=C\C/C=C\C/C=C\CCCC(=O)OC(COC(=O)CCCCCCCCCCCCCC)COP(=O)(O)OCCN. The molecule has 352 valence electrons. The van der Waals surface area contributed by atoms with Crippen LogP contribution in [0.1, 0.15) is 174 Å². The summed E-state index contributed by atoms with van der Waals surface area (Å²) >= 11 is 0. The summed E-state index contributed by atoms with van der Waals surface area (Å²) in [5.74, 6) is -0.906. The second-order valence-electron chi connectivity index (χ2n) is 15.2. The van der Waals surface area contributed by atoms with E-state index in [4.69, 9.17) is 24.3 Å². The third-order valence-electron chi connectivity index (χ3n) is 9.42. The molecule has 0 saturated carbocycles. The Labute approximate surface area is 378 Å². The van der Waals surface area contributed by atoms with Crippen molar-refractivity contribution < 1.29 is 37.6 Å². The molecule has 0 rings (SSSR count). The Balaban J connectivity index is 4.21. The van der Waals surface area contributed by atoms with Gasteiger partial charge in [0.1, 0.15) is 6.61 Å². The number of phosphoric acid groups is 1. The second-order valence-corrected chi connectivity index (χ2v) is 16.7. The molecule has 0 radical (unpaired) electrons. The van der Waals surface area contributed by atoms with Crippen molar-refractivity contribution in [3.05, 3.63) is 109 Å². The van der Waals surface area contributed by atoms with Crippen LogP contribution in [0.15, 0.2) is 109 Å². The van der Waals surface area contributed by atoms with E-state index in [1.54, 1.807) is 0 Å². The summed E-state index contributed by atoms with van der Waals surface area (Å²) in [5, 5.41) is 0. The highest BCUT2D eigenvalue weighted by Gasteiger charge is 2.25. The molecule has 62 heavy (non-hydrogen) atoms. The number of unbranched alkanes of at least 4 members (excludes halogenated alkanes) is 12. The minimum atomic E-state index is -4.40. The molecule has 0 fully saturated rings. The predicted molar refractivity (Wildman–Crippen MR) is 261 cm³/mol. The van der Waals surface area contributed by atoms with Gasteiger partial charge in [-0.25, -0.2) is 4.57 Å². The summed E-state index contributed by atoms with van der Waals surface area (Å²) in [7, 11) is -4.40. The molecule has 0 aromatic carbocycles. The molecule has 0 spiro atoms. The third-order valence-corrected chi connectivity index (χ3v) is 10.4. The first-order valence-electron chi connectivity index (χ1n) is 23.9. The van der Waals surface area contributed by atoms with Crippen molar-refractivity contribution >= 4 is 19.8 Å². The molecule has 9 nitrogen and oxygen atoms in total. The van der Waals surface area contributed by atoms with Crippen LogP contribution in [0.2, 0.25) is 0 Å². The Morgan fingerprint density at radius 1 is 0.500 bits per heavy atom. The van der Waals surface area contributed by atoms with Crippen molar-refractivity contribution in [1.29, 1.82) is 0 Å². The molecule has 0 saturated heterocycles. The minimum absolute atomic E-state index is 0.0391. The monoisotopic (exact) mass is 884 g/mol. The summed E-state index contributed by atoms with van der Waals surface area (Å²) in [6.45, 7) is 3.53. The van der Waals surface area contributed by atoms with Gasteiger partial charge in [-0.3, -0.25) is 18.6 Å². The van der Waals surface area contributed by atoms with Gasteiger partial charge in [-0.1, -0.05) is 194 Å². The number of rotatable bonds is 43. The first-order chi connectivity index (χ1) is 30.3. The van der Waals surface area contributed by atoms with E-state index in [0.29, 0.717) is 12.8 Å². The van der Waals surface area contributed by atoms with E-state index in [0.717, 1.165) is 77.0 Å². The number of hydrogen-bond acceptors (Lipinski definition) is 8. The molecule has 3 N–H and O–H groups in total. The molecule has 0 aliphatic heterocycles. The second kappa shape index (κ2) is 47.2. The van der Waals surface area contributed by atoms with Crippen molar-refractivity contribution in [1.82, 2.24) is 0 Å². The van der Waals surface area contributed by atoms with Gasteiger partial charge in [0.2, 0.25) is 0 Å². The molecular formula is C52H86NO8P. The smallest absolute Gasteiger partial charge is 0.462 e. The Kier molecular flexibility index (Phi) is 44.6. The summed E-state index contributed by atoms with van der Waals surface area (Å²) in [4.78, 5) is 34.9. The van der Waals surface area contributed by atoms with E-state index < -0.39 is 32.5 Å². The van der Waals surface area contributed by atoms with Gasteiger partial charge in [0.15, 0.2) is 6.10 Å². The Morgan fingerprint density at radius 3 is 1.31 bits per heavy atom. The number of esters is 2. The number of allylic oxidation sites excluding steroid dienone is 18.